The van der Waals surface area contributed by atoms with Gasteiger partial charge in [0.05, 0.1) is 0 Å². The predicted molar refractivity (Wildman–Crippen MR) is 57.6 cm³/mol. The van der Waals surface area contributed by atoms with E-state index in [0.717, 1.165) is 22.0 Å². The average Bonchev–Trinajstić information content (AvgIpc) is 2.68. The highest BCUT2D eigenvalue weighted by Gasteiger charge is 2.04. The van der Waals surface area contributed by atoms with Crippen molar-refractivity contribution in [2.45, 2.75) is 6.42 Å². The van der Waals surface area contributed by atoms with Crippen molar-refractivity contribution >= 4 is 22.9 Å². The lowest BCUT2D eigenvalue weighted by Crippen LogP contribution is -1.83. The van der Waals surface area contributed by atoms with Gasteiger partial charge in [0.1, 0.15) is 10.0 Å². The van der Waals surface area contributed by atoms with Gasteiger partial charge < -0.3 is 0 Å². The Kier molecular flexibility index (Phi) is 3.06. The highest BCUT2D eigenvalue weighted by Crippen LogP contribution is 2.22. The molecule has 3 nitrogen and oxygen atoms in total. The van der Waals surface area contributed by atoms with Crippen LogP contribution in [0.1, 0.15) is 5.01 Å². The molecule has 2 heterocycles. The lowest BCUT2D eigenvalue weighted by atomic mass is 10.3. The molecule has 0 aliphatic heterocycles. The van der Waals surface area contributed by atoms with E-state index in [4.69, 9.17) is 11.6 Å². The molecule has 0 bridgehead atoms. The summed E-state index contributed by atoms with van der Waals surface area (Å²) in [6.07, 6.45) is 4.28. The summed E-state index contributed by atoms with van der Waals surface area (Å²) in [5.74, 6) is 0.588. The Morgan fingerprint density at radius 2 is 2.00 bits per heavy atom. The minimum Gasteiger partial charge on any atom is -0.265 e. The molecule has 0 spiro atoms. The Morgan fingerprint density at radius 3 is 2.71 bits per heavy atom. The van der Waals surface area contributed by atoms with E-state index in [1.54, 1.807) is 23.7 Å². The summed E-state index contributed by atoms with van der Waals surface area (Å²) in [5.41, 5.74) is 1.05. The molecule has 0 fully saturated rings. The highest BCUT2D eigenvalue weighted by molar-refractivity contribution is 7.14. The van der Waals surface area contributed by atoms with Crippen molar-refractivity contribution < 1.29 is 0 Å². The van der Waals surface area contributed by atoms with E-state index in [-0.39, 0.29) is 0 Å². The standard InChI is InChI=1S/C9H8ClN3S/c10-4-1-8-12-13-9(14-8)7-2-5-11-6-3-7/h2-3,5-6H,1,4H2. The first-order valence-corrected chi connectivity index (χ1v) is 5.54. The van der Waals surface area contributed by atoms with Crippen molar-refractivity contribution in [3.63, 3.8) is 0 Å². The fourth-order valence-electron chi connectivity index (χ4n) is 1.05. The molecule has 0 amide bonds. The van der Waals surface area contributed by atoms with Crippen LogP contribution in [-0.2, 0) is 6.42 Å². The molecular weight excluding hydrogens is 218 g/mol. The van der Waals surface area contributed by atoms with E-state index in [1.807, 2.05) is 12.1 Å². The average molecular weight is 226 g/mol. The first-order valence-electron chi connectivity index (χ1n) is 4.19. The summed E-state index contributed by atoms with van der Waals surface area (Å²) < 4.78 is 0. The number of hydrogen-bond donors (Lipinski definition) is 0. The Balaban J connectivity index is 2.25. The maximum Gasteiger partial charge on any atom is 0.147 e. The van der Waals surface area contributed by atoms with Gasteiger partial charge in [-0.2, -0.15) is 0 Å². The molecule has 14 heavy (non-hydrogen) atoms. The van der Waals surface area contributed by atoms with Crippen LogP contribution in [0.15, 0.2) is 24.5 Å². The van der Waals surface area contributed by atoms with Crippen LogP contribution in [0.4, 0.5) is 0 Å². The third-order valence-electron chi connectivity index (χ3n) is 1.70. The van der Waals surface area contributed by atoms with E-state index in [2.05, 4.69) is 15.2 Å². The van der Waals surface area contributed by atoms with Crippen LogP contribution in [0, 0.1) is 0 Å². The molecular formula is C9H8ClN3S. The molecule has 0 aromatic carbocycles. The van der Waals surface area contributed by atoms with Crippen LogP contribution < -0.4 is 0 Å². The van der Waals surface area contributed by atoms with Crippen molar-refractivity contribution in [1.82, 2.24) is 15.2 Å². The van der Waals surface area contributed by atoms with Gasteiger partial charge in [0.2, 0.25) is 0 Å². The number of pyridine rings is 1. The largest absolute Gasteiger partial charge is 0.265 e. The van der Waals surface area contributed by atoms with Crippen molar-refractivity contribution in [2.75, 3.05) is 5.88 Å². The lowest BCUT2D eigenvalue weighted by Gasteiger charge is -1.90. The number of rotatable bonds is 3. The first-order chi connectivity index (χ1) is 6.90. The topological polar surface area (TPSA) is 38.7 Å². The van der Waals surface area contributed by atoms with Gasteiger partial charge in [-0.3, -0.25) is 4.98 Å². The van der Waals surface area contributed by atoms with Gasteiger partial charge in [-0.05, 0) is 12.1 Å². The molecule has 0 atom stereocenters. The molecule has 0 unspecified atom stereocenters. The van der Waals surface area contributed by atoms with Crippen LogP contribution in [-0.4, -0.2) is 21.1 Å². The van der Waals surface area contributed by atoms with Crippen molar-refractivity contribution in [1.29, 1.82) is 0 Å². The summed E-state index contributed by atoms with van der Waals surface area (Å²) >= 11 is 7.20. The highest BCUT2D eigenvalue weighted by atomic mass is 35.5. The zero-order chi connectivity index (χ0) is 9.80. The Morgan fingerprint density at radius 1 is 1.21 bits per heavy atom. The fourth-order valence-corrected chi connectivity index (χ4v) is 2.18. The third kappa shape index (κ3) is 2.08. The van der Waals surface area contributed by atoms with E-state index in [1.165, 1.54) is 0 Å². The summed E-state index contributed by atoms with van der Waals surface area (Å²) in [6, 6.07) is 3.84. The lowest BCUT2D eigenvalue weighted by molar-refractivity contribution is 0.989. The van der Waals surface area contributed by atoms with Crippen molar-refractivity contribution in [3.05, 3.63) is 29.5 Å². The number of aryl methyl sites for hydroxylation is 1. The first kappa shape index (κ1) is 9.55. The van der Waals surface area contributed by atoms with Crippen LogP contribution >= 0.6 is 22.9 Å². The molecule has 5 heteroatoms. The van der Waals surface area contributed by atoms with Gasteiger partial charge in [-0.1, -0.05) is 11.3 Å². The predicted octanol–water partition coefficient (Wildman–Crippen LogP) is 2.38. The fraction of sp³-hybridized carbons (Fsp3) is 0.222. The molecule has 0 radical (unpaired) electrons. The monoisotopic (exact) mass is 225 g/mol. The SMILES string of the molecule is ClCCc1nnc(-c2ccncc2)s1. The van der Waals surface area contributed by atoms with Crippen LogP contribution in [0.25, 0.3) is 10.6 Å². The molecule has 72 valence electrons. The molecule has 0 saturated carbocycles. The van der Waals surface area contributed by atoms with Crippen LogP contribution in [0.3, 0.4) is 0 Å². The van der Waals surface area contributed by atoms with E-state index in [9.17, 15) is 0 Å². The number of halogens is 1. The van der Waals surface area contributed by atoms with Gasteiger partial charge >= 0.3 is 0 Å². The molecule has 2 aromatic heterocycles. The molecule has 0 saturated heterocycles. The number of nitrogens with zero attached hydrogens (tertiary/aromatic N) is 3. The van der Waals surface area contributed by atoms with E-state index in [0.29, 0.717) is 5.88 Å². The number of alkyl halides is 1. The minimum atomic E-state index is 0.588. The second kappa shape index (κ2) is 4.48. The summed E-state index contributed by atoms with van der Waals surface area (Å²) in [4.78, 5) is 3.95. The van der Waals surface area contributed by atoms with Crippen molar-refractivity contribution in [3.8, 4) is 10.6 Å². The molecule has 0 N–H and O–H groups in total. The van der Waals surface area contributed by atoms with E-state index < -0.39 is 0 Å². The van der Waals surface area contributed by atoms with Gasteiger partial charge in [0, 0.05) is 30.3 Å². The normalized spacial score (nSPS) is 10.4. The van der Waals surface area contributed by atoms with Crippen LogP contribution in [0.5, 0.6) is 0 Å². The third-order valence-corrected chi connectivity index (χ3v) is 2.92. The van der Waals surface area contributed by atoms with Crippen molar-refractivity contribution in [2.24, 2.45) is 0 Å². The Bertz CT molecular complexity index is 401. The summed E-state index contributed by atoms with van der Waals surface area (Å²) in [6.45, 7) is 0. The second-order valence-corrected chi connectivity index (χ2v) is 4.12. The molecule has 2 aromatic rings. The number of hydrogen-bond acceptors (Lipinski definition) is 4. The van der Waals surface area contributed by atoms with Crippen LogP contribution in [0.2, 0.25) is 0 Å². The van der Waals surface area contributed by atoms with Gasteiger partial charge in [-0.15, -0.1) is 21.8 Å². The zero-order valence-corrected chi connectivity index (χ0v) is 8.92. The Labute approximate surface area is 90.8 Å². The summed E-state index contributed by atoms with van der Waals surface area (Å²) in [5, 5.41) is 10.0. The van der Waals surface area contributed by atoms with Gasteiger partial charge in [0.25, 0.3) is 0 Å². The van der Waals surface area contributed by atoms with E-state index >= 15 is 0 Å². The zero-order valence-electron chi connectivity index (χ0n) is 7.35. The molecule has 0 aliphatic rings. The number of aromatic nitrogens is 3. The molecule has 0 aliphatic carbocycles. The molecule has 2 rings (SSSR count). The van der Waals surface area contributed by atoms with Gasteiger partial charge in [-0.25, -0.2) is 0 Å². The maximum absolute atomic E-state index is 5.62. The maximum atomic E-state index is 5.62. The smallest absolute Gasteiger partial charge is 0.147 e. The Hall–Kier alpha value is -1.000. The second-order valence-electron chi connectivity index (χ2n) is 2.68. The summed E-state index contributed by atoms with van der Waals surface area (Å²) in [7, 11) is 0. The minimum absolute atomic E-state index is 0.588. The quantitative estimate of drug-likeness (QED) is 0.753. The van der Waals surface area contributed by atoms with Gasteiger partial charge in [0.15, 0.2) is 0 Å².